The molecule has 0 radical (unpaired) electrons. The lowest BCUT2D eigenvalue weighted by Crippen LogP contribution is -2.43. The fourth-order valence-electron chi connectivity index (χ4n) is 4.31. The number of fused-ring (bicyclic) bond motifs is 2. The van der Waals surface area contributed by atoms with E-state index in [0.29, 0.717) is 18.5 Å². The van der Waals surface area contributed by atoms with Crippen LogP contribution in [0.4, 0.5) is 10.5 Å². The molecule has 3 N–H and O–H groups in total. The number of H-pyrrole nitrogens is 1. The van der Waals surface area contributed by atoms with Gasteiger partial charge >= 0.3 is 6.03 Å². The van der Waals surface area contributed by atoms with Crippen LogP contribution in [0.3, 0.4) is 0 Å². The van der Waals surface area contributed by atoms with Gasteiger partial charge in [0.2, 0.25) is 5.91 Å². The maximum atomic E-state index is 13.2. The third-order valence-corrected chi connectivity index (χ3v) is 5.73. The molecule has 1 saturated heterocycles. The number of benzene rings is 2. The minimum absolute atomic E-state index is 0.353. The predicted octanol–water partition coefficient (Wildman–Crippen LogP) is 2.41. The first-order valence-electron chi connectivity index (χ1n) is 9.69. The number of rotatable bonds is 4. The first-order valence-corrected chi connectivity index (χ1v) is 9.69. The summed E-state index contributed by atoms with van der Waals surface area (Å²) in [5.41, 5.74) is 2.99. The van der Waals surface area contributed by atoms with Crippen LogP contribution in [0, 0.1) is 0 Å². The number of nitrogens with one attached hydrogen (secondary N) is 3. The zero-order chi connectivity index (χ0) is 20.7. The summed E-state index contributed by atoms with van der Waals surface area (Å²) in [6.07, 6.45) is 4.59. The van der Waals surface area contributed by atoms with E-state index in [0.717, 1.165) is 27.2 Å². The maximum Gasteiger partial charge on any atom is 0.325 e. The van der Waals surface area contributed by atoms with Gasteiger partial charge in [-0.1, -0.05) is 42.5 Å². The number of hydrogen-bond donors (Lipinski definition) is 3. The van der Waals surface area contributed by atoms with Crippen molar-refractivity contribution in [3.05, 3.63) is 72.1 Å². The molecule has 1 aliphatic carbocycles. The Balaban J connectivity index is 1.36. The predicted molar refractivity (Wildman–Crippen MR) is 109 cm³/mol. The highest BCUT2D eigenvalue weighted by Crippen LogP contribution is 2.41. The topological polar surface area (TPSA) is 107 Å². The Morgan fingerprint density at radius 2 is 1.93 bits per heavy atom. The first-order chi connectivity index (χ1) is 14.6. The molecule has 1 spiro atoms. The molecule has 8 heteroatoms. The molecule has 1 atom stereocenters. The second-order valence-corrected chi connectivity index (χ2v) is 7.46. The van der Waals surface area contributed by atoms with Crippen molar-refractivity contribution in [2.24, 2.45) is 0 Å². The van der Waals surface area contributed by atoms with Crippen molar-refractivity contribution in [3.63, 3.8) is 0 Å². The van der Waals surface area contributed by atoms with Crippen LogP contribution in [0.1, 0.15) is 17.5 Å². The molecule has 1 aromatic heterocycles. The van der Waals surface area contributed by atoms with Crippen molar-refractivity contribution >= 4 is 23.5 Å². The molecular weight excluding hydrogens is 382 g/mol. The monoisotopic (exact) mass is 401 g/mol. The highest BCUT2D eigenvalue weighted by atomic mass is 16.2. The molecule has 1 unspecified atom stereocenters. The summed E-state index contributed by atoms with van der Waals surface area (Å²) >= 11 is 0. The zero-order valence-electron chi connectivity index (χ0n) is 16.0. The molecule has 30 heavy (non-hydrogen) atoms. The number of carbonyl (C=O) groups excluding carboxylic acids is 3. The lowest BCUT2D eigenvalue weighted by atomic mass is 9.92. The van der Waals surface area contributed by atoms with Gasteiger partial charge < -0.3 is 10.6 Å². The molecule has 0 bridgehead atoms. The Labute approximate surface area is 172 Å². The van der Waals surface area contributed by atoms with Gasteiger partial charge in [0.05, 0.1) is 6.20 Å². The van der Waals surface area contributed by atoms with E-state index >= 15 is 0 Å². The van der Waals surface area contributed by atoms with Gasteiger partial charge in [-0.15, -0.1) is 0 Å². The van der Waals surface area contributed by atoms with E-state index in [4.69, 9.17) is 0 Å². The van der Waals surface area contributed by atoms with Gasteiger partial charge in [-0.3, -0.25) is 19.6 Å². The lowest BCUT2D eigenvalue weighted by Gasteiger charge is -2.22. The number of aromatic amines is 1. The fourth-order valence-corrected chi connectivity index (χ4v) is 4.31. The summed E-state index contributed by atoms with van der Waals surface area (Å²) < 4.78 is 0. The summed E-state index contributed by atoms with van der Waals surface area (Å²) in [5.74, 6) is -0.825. The molecule has 0 saturated carbocycles. The van der Waals surface area contributed by atoms with Gasteiger partial charge in [-0.25, -0.2) is 4.79 Å². The van der Waals surface area contributed by atoms with E-state index in [-0.39, 0.29) is 12.5 Å². The summed E-state index contributed by atoms with van der Waals surface area (Å²) in [7, 11) is 0. The van der Waals surface area contributed by atoms with Crippen molar-refractivity contribution in [2.45, 2.75) is 18.4 Å². The molecule has 2 aliphatic rings. The van der Waals surface area contributed by atoms with E-state index in [1.807, 2.05) is 36.4 Å². The Morgan fingerprint density at radius 1 is 1.13 bits per heavy atom. The van der Waals surface area contributed by atoms with Crippen LogP contribution < -0.4 is 10.6 Å². The average Bonchev–Trinajstić information content (AvgIpc) is 3.46. The third-order valence-electron chi connectivity index (χ3n) is 5.73. The summed E-state index contributed by atoms with van der Waals surface area (Å²) in [4.78, 5) is 39.5. The average molecular weight is 401 g/mol. The largest absolute Gasteiger partial charge is 0.325 e. The van der Waals surface area contributed by atoms with Gasteiger partial charge in [0.15, 0.2) is 0 Å². The summed E-state index contributed by atoms with van der Waals surface area (Å²) in [6.45, 7) is -0.353. The van der Waals surface area contributed by atoms with E-state index in [9.17, 15) is 14.4 Å². The number of amides is 4. The van der Waals surface area contributed by atoms with Crippen LogP contribution in [-0.2, 0) is 21.5 Å². The van der Waals surface area contributed by atoms with Gasteiger partial charge in [0.25, 0.3) is 5.91 Å². The first kappa shape index (κ1) is 18.1. The number of urea groups is 1. The second-order valence-electron chi connectivity index (χ2n) is 7.46. The van der Waals surface area contributed by atoms with Crippen molar-refractivity contribution in [2.75, 3.05) is 11.9 Å². The van der Waals surface area contributed by atoms with Crippen molar-refractivity contribution in [1.29, 1.82) is 0 Å². The Kier molecular flexibility index (Phi) is 4.13. The van der Waals surface area contributed by atoms with Crippen LogP contribution in [0.25, 0.3) is 11.1 Å². The van der Waals surface area contributed by atoms with Gasteiger partial charge in [0, 0.05) is 23.0 Å². The molecular formula is C22H19N5O3. The summed E-state index contributed by atoms with van der Waals surface area (Å²) in [5, 5.41) is 12.3. The maximum absolute atomic E-state index is 13.2. The lowest BCUT2D eigenvalue weighted by molar-refractivity contribution is -0.134. The number of para-hydroxylation sites is 1. The number of hydrogen-bond acceptors (Lipinski definition) is 4. The molecule has 3 aromatic rings. The quantitative estimate of drug-likeness (QED) is 0.584. The van der Waals surface area contributed by atoms with Crippen LogP contribution in [0.15, 0.2) is 60.9 Å². The van der Waals surface area contributed by atoms with Crippen LogP contribution in [0.5, 0.6) is 0 Å². The molecule has 5 rings (SSSR count). The minimum atomic E-state index is -1.07. The number of anilines is 1. The number of aryl methyl sites for hydroxylation is 1. The molecule has 1 fully saturated rings. The second kappa shape index (κ2) is 6.84. The highest BCUT2D eigenvalue weighted by Gasteiger charge is 2.55. The highest BCUT2D eigenvalue weighted by molar-refractivity contribution is 6.11. The fraction of sp³-hybridized carbons (Fsp3) is 0.182. The van der Waals surface area contributed by atoms with E-state index in [1.165, 1.54) is 0 Å². The van der Waals surface area contributed by atoms with Crippen molar-refractivity contribution < 1.29 is 14.4 Å². The standard InChI is InChI=1S/C22H19N5O3/c28-19(25-18-8-4-2-6-16(18)15-11-23-24-12-15)13-27-20(29)22(26-21(27)30)10-9-14-5-1-3-7-17(14)22/h1-8,11-12H,9-10,13H2,(H,23,24)(H,25,28)(H,26,30). The molecule has 8 nitrogen and oxygen atoms in total. The molecule has 2 aromatic carbocycles. The normalized spacial score (nSPS) is 19.8. The van der Waals surface area contributed by atoms with E-state index in [2.05, 4.69) is 20.8 Å². The minimum Gasteiger partial charge on any atom is -0.324 e. The van der Waals surface area contributed by atoms with Crippen molar-refractivity contribution in [3.8, 4) is 11.1 Å². The Hall–Kier alpha value is -3.94. The van der Waals surface area contributed by atoms with Crippen LogP contribution in [-0.4, -0.2) is 39.5 Å². The molecule has 4 amide bonds. The number of carbonyl (C=O) groups is 3. The Bertz CT molecular complexity index is 1160. The molecule has 1 aliphatic heterocycles. The third kappa shape index (κ3) is 2.76. The SMILES string of the molecule is O=C(CN1C(=O)NC2(CCc3ccccc32)C1=O)Nc1ccccc1-c1cn[nH]c1. The van der Waals surface area contributed by atoms with Gasteiger partial charge in [0.1, 0.15) is 12.1 Å². The molecule has 2 heterocycles. The number of aromatic nitrogens is 2. The smallest absolute Gasteiger partial charge is 0.324 e. The Morgan fingerprint density at radius 3 is 2.77 bits per heavy atom. The summed E-state index contributed by atoms with van der Waals surface area (Å²) in [6, 6.07) is 14.3. The number of imide groups is 1. The van der Waals surface area contributed by atoms with E-state index < -0.39 is 17.5 Å². The van der Waals surface area contributed by atoms with Gasteiger partial charge in [-0.05, 0) is 30.0 Å². The molecule has 150 valence electrons. The zero-order valence-corrected chi connectivity index (χ0v) is 16.0. The van der Waals surface area contributed by atoms with Crippen molar-refractivity contribution in [1.82, 2.24) is 20.4 Å². The van der Waals surface area contributed by atoms with Crippen LogP contribution >= 0.6 is 0 Å². The van der Waals surface area contributed by atoms with Crippen LogP contribution in [0.2, 0.25) is 0 Å². The number of nitrogens with zero attached hydrogens (tertiary/aromatic N) is 2. The van der Waals surface area contributed by atoms with E-state index in [1.54, 1.807) is 24.5 Å². The van der Waals surface area contributed by atoms with Gasteiger partial charge in [-0.2, -0.15) is 5.10 Å².